The summed E-state index contributed by atoms with van der Waals surface area (Å²) in [5.74, 6) is -0.196. The largest absolute Gasteiger partial charge is 0.466 e. The Bertz CT molecular complexity index is 714. The molecular weight excluding hydrogens is 380 g/mol. The third-order valence-electron chi connectivity index (χ3n) is 4.15. The lowest BCUT2D eigenvalue weighted by Crippen LogP contribution is -2.29. The van der Waals surface area contributed by atoms with Gasteiger partial charge in [0.1, 0.15) is 4.32 Å². The van der Waals surface area contributed by atoms with Gasteiger partial charge in [0.15, 0.2) is 0 Å². The van der Waals surface area contributed by atoms with Gasteiger partial charge in [0.25, 0.3) is 5.91 Å². The number of carbonyl (C=O) groups is 2. The summed E-state index contributed by atoms with van der Waals surface area (Å²) in [4.78, 5) is 28.3. The van der Waals surface area contributed by atoms with E-state index in [2.05, 4.69) is 0 Å². The number of benzene rings is 1. The standard InChI is InChI=1S/C20H26N2O3S2/c1-4-25-18(23)8-6-5-7-13-22-19(24)17(27-20(22)26)14-15-9-11-16(12-10-15)21(2)3/h9-12,14H,4-8,13H2,1-3H3/b17-14+. The van der Waals surface area contributed by atoms with Crippen LogP contribution in [0, 0.1) is 0 Å². The van der Waals surface area contributed by atoms with Gasteiger partial charge in [0.05, 0.1) is 11.5 Å². The van der Waals surface area contributed by atoms with Crippen LogP contribution < -0.4 is 4.90 Å². The van der Waals surface area contributed by atoms with Crippen LogP contribution in [-0.4, -0.2) is 48.3 Å². The molecule has 146 valence electrons. The van der Waals surface area contributed by atoms with Crippen LogP contribution >= 0.6 is 24.0 Å². The molecule has 0 unspecified atom stereocenters. The van der Waals surface area contributed by atoms with Crippen LogP contribution in [0.3, 0.4) is 0 Å². The van der Waals surface area contributed by atoms with Crippen LogP contribution in [0.1, 0.15) is 38.2 Å². The third-order valence-corrected chi connectivity index (χ3v) is 5.53. The van der Waals surface area contributed by atoms with Crippen molar-refractivity contribution in [3.8, 4) is 0 Å². The van der Waals surface area contributed by atoms with Crippen molar-refractivity contribution in [3.63, 3.8) is 0 Å². The Labute approximate surface area is 170 Å². The van der Waals surface area contributed by atoms with Gasteiger partial charge in [-0.25, -0.2) is 0 Å². The Kier molecular flexibility index (Phi) is 8.31. The van der Waals surface area contributed by atoms with Gasteiger partial charge >= 0.3 is 5.97 Å². The molecule has 0 atom stereocenters. The molecule has 1 fully saturated rings. The number of thioether (sulfide) groups is 1. The van der Waals surface area contributed by atoms with Crippen LogP contribution in [-0.2, 0) is 14.3 Å². The number of hydrogen-bond acceptors (Lipinski definition) is 6. The van der Waals surface area contributed by atoms with Gasteiger partial charge in [-0.2, -0.15) is 0 Å². The van der Waals surface area contributed by atoms with Crippen LogP contribution in [0.4, 0.5) is 5.69 Å². The van der Waals surface area contributed by atoms with Crippen LogP contribution in [0.15, 0.2) is 29.2 Å². The first-order valence-electron chi connectivity index (χ1n) is 9.10. The second-order valence-corrected chi connectivity index (χ2v) is 8.11. The smallest absolute Gasteiger partial charge is 0.305 e. The normalized spacial score (nSPS) is 15.5. The molecule has 2 rings (SSSR count). The van der Waals surface area contributed by atoms with E-state index in [1.54, 1.807) is 11.8 Å². The van der Waals surface area contributed by atoms with E-state index in [1.807, 2.05) is 49.3 Å². The minimum absolute atomic E-state index is 0.0351. The minimum Gasteiger partial charge on any atom is -0.466 e. The molecule has 1 aliphatic heterocycles. The Balaban J connectivity index is 1.86. The molecule has 0 N–H and O–H groups in total. The van der Waals surface area contributed by atoms with E-state index in [0.29, 0.717) is 28.8 Å². The number of amides is 1. The summed E-state index contributed by atoms with van der Waals surface area (Å²) in [5.41, 5.74) is 2.10. The van der Waals surface area contributed by atoms with E-state index in [4.69, 9.17) is 17.0 Å². The highest BCUT2D eigenvalue weighted by molar-refractivity contribution is 8.26. The molecule has 0 radical (unpaired) electrons. The molecule has 5 nitrogen and oxygen atoms in total. The fraction of sp³-hybridized carbons (Fsp3) is 0.450. The van der Waals surface area contributed by atoms with Crippen LogP contribution in [0.5, 0.6) is 0 Å². The highest BCUT2D eigenvalue weighted by atomic mass is 32.2. The number of ether oxygens (including phenoxy) is 1. The van der Waals surface area contributed by atoms with Gasteiger partial charge in [-0.3, -0.25) is 14.5 Å². The first kappa shape index (κ1) is 21.4. The molecule has 0 aliphatic carbocycles. The zero-order chi connectivity index (χ0) is 19.8. The van der Waals surface area contributed by atoms with Gasteiger partial charge in [-0.1, -0.05) is 42.5 Å². The van der Waals surface area contributed by atoms with Gasteiger partial charge in [0.2, 0.25) is 0 Å². The van der Waals surface area contributed by atoms with Crippen molar-refractivity contribution >= 4 is 51.9 Å². The van der Waals surface area contributed by atoms with Crippen molar-refractivity contribution in [1.82, 2.24) is 4.90 Å². The first-order chi connectivity index (χ1) is 12.9. The van der Waals surface area contributed by atoms with Crippen LogP contribution in [0.2, 0.25) is 0 Å². The van der Waals surface area contributed by atoms with Gasteiger partial charge < -0.3 is 9.64 Å². The second kappa shape index (κ2) is 10.5. The van der Waals surface area contributed by atoms with E-state index in [-0.39, 0.29) is 11.9 Å². The van der Waals surface area contributed by atoms with Crippen molar-refractivity contribution in [1.29, 1.82) is 0 Å². The molecule has 1 aromatic rings. The summed E-state index contributed by atoms with van der Waals surface area (Å²) in [7, 11) is 3.99. The topological polar surface area (TPSA) is 49.9 Å². The monoisotopic (exact) mass is 406 g/mol. The Hall–Kier alpha value is -1.86. The van der Waals surface area contributed by atoms with Gasteiger partial charge in [-0.15, -0.1) is 0 Å². The molecule has 7 heteroatoms. The summed E-state index contributed by atoms with van der Waals surface area (Å²) >= 11 is 6.71. The number of rotatable bonds is 9. The fourth-order valence-corrected chi connectivity index (χ4v) is 3.97. The third kappa shape index (κ3) is 6.36. The maximum Gasteiger partial charge on any atom is 0.305 e. The van der Waals surface area contributed by atoms with E-state index < -0.39 is 0 Å². The lowest BCUT2D eigenvalue weighted by Gasteiger charge is -2.14. The molecule has 1 saturated heterocycles. The highest BCUT2D eigenvalue weighted by Crippen LogP contribution is 2.33. The fourth-order valence-electron chi connectivity index (χ4n) is 2.66. The number of hydrogen-bond donors (Lipinski definition) is 0. The maximum absolute atomic E-state index is 12.6. The molecule has 0 bridgehead atoms. The Morgan fingerprint density at radius 3 is 2.56 bits per heavy atom. The van der Waals surface area contributed by atoms with Crippen molar-refractivity contribution in [2.45, 2.75) is 32.6 Å². The predicted octanol–water partition coefficient (Wildman–Crippen LogP) is 4.08. The van der Waals surface area contributed by atoms with Crippen molar-refractivity contribution in [2.75, 3.05) is 32.1 Å². The molecule has 0 saturated carbocycles. The number of thiocarbonyl (C=S) groups is 1. The average molecular weight is 407 g/mol. The summed E-state index contributed by atoms with van der Waals surface area (Å²) in [6, 6.07) is 8.04. The van der Waals surface area contributed by atoms with E-state index in [0.717, 1.165) is 30.5 Å². The van der Waals surface area contributed by atoms with Gasteiger partial charge in [0, 0.05) is 32.7 Å². The van der Waals surface area contributed by atoms with E-state index >= 15 is 0 Å². The molecule has 1 heterocycles. The molecule has 1 aliphatic rings. The maximum atomic E-state index is 12.6. The number of carbonyl (C=O) groups excluding carboxylic acids is 2. The lowest BCUT2D eigenvalue weighted by atomic mass is 10.1. The minimum atomic E-state index is -0.161. The van der Waals surface area contributed by atoms with Crippen molar-refractivity contribution < 1.29 is 14.3 Å². The summed E-state index contributed by atoms with van der Waals surface area (Å²) in [6.45, 7) is 2.81. The molecular formula is C20H26N2O3S2. The zero-order valence-electron chi connectivity index (χ0n) is 16.1. The van der Waals surface area contributed by atoms with E-state index in [9.17, 15) is 9.59 Å². The number of anilines is 1. The zero-order valence-corrected chi connectivity index (χ0v) is 17.7. The SMILES string of the molecule is CCOC(=O)CCCCCN1C(=O)/C(=C\c2ccc(N(C)C)cc2)SC1=S. The molecule has 1 aromatic carbocycles. The molecule has 1 amide bonds. The van der Waals surface area contributed by atoms with Crippen molar-refractivity contribution in [2.24, 2.45) is 0 Å². The number of nitrogens with zero attached hydrogens (tertiary/aromatic N) is 2. The molecule has 27 heavy (non-hydrogen) atoms. The summed E-state index contributed by atoms with van der Waals surface area (Å²) in [5, 5.41) is 0. The Morgan fingerprint density at radius 1 is 1.22 bits per heavy atom. The predicted molar refractivity (Wildman–Crippen MR) is 116 cm³/mol. The lowest BCUT2D eigenvalue weighted by molar-refractivity contribution is -0.143. The quantitative estimate of drug-likeness (QED) is 0.267. The average Bonchev–Trinajstić information content (AvgIpc) is 2.89. The summed E-state index contributed by atoms with van der Waals surface area (Å²) in [6.07, 6.45) is 4.76. The van der Waals surface area contributed by atoms with E-state index in [1.165, 1.54) is 11.8 Å². The number of esters is 1. The summed E-state index contributed by atoms with van der Waals surface area (Å²) < 4.78 is 5.51. The first-order valence-corrected chi connectivity index (χ1v) is 10.3. The van der Waals surface area contributed by atoms with Crippen molar-refractivity contribution in [3.05, 3.63) is 34.7 Å². The molecule has 0 aromatic heterocycles. The highest BCUT2D eigenvalue weighted by Gasteiger charge is 2.31. The molecule has 0 spiro atoms. The number of unbranched alkanes of at least 4 members (excludes halogenated alkanes) is 2. The second-order valence-electron chi connectivity index (χ2n) is 6.43. The Morgan fingerprint density at radius 2 is 1.93 bits per heavy atom. The van der Waals surface area contributed by atoms with Gasteiger partial charge in [-0.05, 0) is 43.5 Å². The van der Waals surface area contributed by atoms with Crippen LogP contribution in [0.25, 0.3) is 6.08 Å².